The summed E-state index contributed by atoms with van der Waals surface area (Å²) in [7, 11) is 0. The third kappa shape index (κ3) is 3.60. The maximum atomic E-state index is 12.9. The number of carbonyl (C=O) groups is 2. The van der Waals surface area contributed by atoms with Crippen molar-refractivity contribution in [2.75, 3.05) is 0 Å². The van der Waals surface area contributed by atoms with E-state index in [1.165, 1.54) is 12.1 Å². The Morgan fingerprint density at radius 1 is 1.29 bits per heavy atom. The van der Waals surface area contributed by atoms with Gasteiger partial charge in [0, 0.05) is 6.42 Å². The Morgan fingerprint density at radius 3 is 2.38 bits per heavy atom. The number of carboxylic acids is 1. The molecule has 1 aromatic rings. The second-order valence-electron chi connectivity index (χ2n) is 5.80. The summed E-state index contributed by atoms with van der Waals surface area (Å²) in [5.74, 6) is -1.62. The number of aliphatic carboxylic acids is 1. The van der Waals surface area contributed by atoms with E-state index in [2.05, 4.69) is 5.32 Å². The van der Waals surface area contributed by atoms with Gasteiger partial charge in [-0.2, -0.15) is 0 Å². The molecule has 2 rings (SSSR count). The largest absolute Gasteiger partial charge is 0.480 e. The first kappa shape index (κ1) is 15.5. The fourth-order valence-corrected chi connectivity index (χ4v) is 2.88. The minimum absolute atomic E-state index is 0.0853. The van der Waals surface area contributed by atoms with Crippen LogP contribution in [0.4, 0.5) is 4.39 Å². The number of hydrogen-bond donors (Lipinski definition) is 2. The zero-order chi connectivity index (χ0) is 15.5. The van der Waals surface area contributed by atoms with Gasteiger partial charge in [0.05, 0.1) is 0 Å². The van der Waals surface area contributed by atoms with E-state index in [-0.39, 0.29) is 24.1 Å². The van der Waals surface area contributed by atoms with Crippen LogP contribution in [0.1, 0.15) is 50.5 Å². The van der Waals surface area contributed by atoms with Gasteiger partial charge in [0.2, 0.25) is 5.91 Å². The first-order valence-electron chi connectivity index (χ1n) is 7.23. The SMILES string of the molecule is CC(CC(=O)NC1(C(=O)O)CCCC1)c1ccc(F)cc1. The van der Waals surface area contributed by atoms with E-state index in [4.69, 9.17) is 0 Å². The number of carboxylic acid groups (broad SMARTS) is 1. The summed E-state index contributed by atoms with van der Waals surface area (Å²) < 4.78 is 12.9. The second kappa shape index (κ2) is 6.24. The van der Waals surface area contributed by atoms with Gasteiger partial charge in [0.1, 0.15) is 11.4 Å². The van der Waals surface area contributed by atoms with Crippen LogP contribution >= 0.6 is 0 Å². The Hall–Kier alpha value is -1.91. The van der Waals surface area contributed by atoms with Crippen molar-refractivity contribution in [3.8, 4) is 0 Å². The first-order valence-corrected chi connectivity index (χ1v) is 7.23. The van der Waals surface area contributed by atoms with Gasteiger partial charge in [-0.3, -0.25) is 4.79 Å². The van der Waals surface area contributed by atoms with E-state index in [0.29, 0.717) is 12.8 Å². The standard InChI is InChI=1S/C16H20FNO3/c1-11(12-4-6-13(17)7-5-12)10-14(19)18-16(15(20)21)8-2-3-9-16/h4-7,11H,2-3,8-10H2,1H3,(H,18,19)(H,20,21). The molecule has 0 aromatic heterocycles. The van der Waals surface area contributed by atoms with Crippen LogP contribution in [0.25, 0.3) is 0 Å². The van der Waals surface area contributed by atoms with Gasteiger partial charge >= 0.3 is 5.97 Å². The van der Waals surface area contributed by atoms with Crippen molar-refractivity contribution in [2.24, 2.45) is 0 Å². The van der Waals surface area contributed by atoms with E-state index in [1.807, 2.05) is 6.92 Å². The molecule has 1 saturated carbocycles. The van der Waals surface area contributed by atoms with Crippen molar-refractivity contribution in [3.05, 3.63) is 35.6 Å². The van der Waals surface area contributed by atoms with Crippen LogP contribution < -0.4 is 5.32 Å². The number of amides is 1. The summed E-state index contributed by atoms with van der Waals surface area (Å²) in [5.41, 5.74) is -0.234. The molecule has 0 heterocycles. The summed E-state index contributed by atoms with van der Waals surface area (Å²) >= 11 is 0. The molecule has 1 aliphatic carbocycles. The fraction of sp³-hybridized carbons (Fsp3) is 0.500. The molecule has 1 atom stereocenters. The molecule has 114 valence electrons. The molecule has 21 heavy (non-hydrogen) atoms. The molecule has 1 unspecified atom stereocenters. The van der Waals surface area contributed by atoms with Crippen LogP contribution in [0.5, 0.6) is 0 Å². The first-order chi connectivity index (χ1) is 9.93. The topological polar surface area (TPSA) is 66.4 Å². The van der Waals surface area contributed by atoms with Gasteiger partial charge < -0.3 is 10.4 Å². The maximum Gasteiger partial charge on any atom is 0.329 e. The molecule has 0 radical (unpaired) electrons. The minimum Gasteiger partial charge on any atom is -0.480 e. The molecule has 2 N–H and O–H groups in total. The van der Waals surface area contributed by atoms with Gasteiger partial charge in [-0.05, 0) is 36.5 Å². The zero-order valence-corrected chi connectivity index (χ0v) is 12.1. The Labute approximate surface area is 123 Å². The quantitative estimate of drug-likeness (QED) is 0.877. The lowest BCUT2D eigenvalue weighted by Gasteiger charge is -2.26. The molecule has 1 aromatic carbocycles. The third-order valence-corrected chi connectivity index (χ3v) is 4.18. The van der Waals surface area contributed by atoms with Gasteiger partial charge in [-0.1, -0.05) is 31.9 Å². The third-order valence-electron chi connectivity index (χ3n) is 4.18. The Balaban J connectivity index is 1.97. The number of carbonyl (C=O) groups excluding carboxylic acids is 1. The molecule has 1 fully saturated rings. The van der Waals surface area contributed by atoms with Crippen LogP contribution in [0.15, 0.2) is 24.3 Å². The highest BCUT2D eigenvalue weighted by molar-refractivity contribution is 5.87. The van der Waals surface area contributed by atoms with Gasteiger partial charge in [-0.15, -0.1) is 0 Å². The van der Waals surface area contributed by atoms with E-state index in [1.54, 1.807) is 12.1 Å². The second-order valence-corrected chi connectivity index (χ2v) is 5.80. The highest BCUT2D eigenvalue weighted by Crippen LogP contribution is 2.30. The normalized spacial score (nSPS) is 18.2. The number of nitrogens with one attached hydrogen (secondary N) is 1. The Kier molecular flexibility index (Phi) is 4.60. The van der Waals surface area contributed by atoms with Gasteiger partial charge in [-0.25, -0.2) is 9.18 Å². The molecular formula is C16H20FNO3. The van der Waals surface area contributed by atoms with Crippen molar-refractivity contribution in [3.63, 3.8) is 0 Å². The van der Waals surface area contributed by atoms with Crippen LogP contribution in [-0.2, 0) is 9.59 Å². The van der Waals surface area contributed by atoms with E-state index in [0.717, 1.165) is 18.4 Å². The number of benzene rings is 1. The molecule has 0 spiro atoms. The average Bonchev–Trinajstić information content (AvgIpc) is 2.89. The fourth-order valence-electron chi connectivity index (χ4n) is 2.88. The number of rotatable bonds is 5. The lowest BCUT2D eigenvalue weighted by Crippen LogP contribution is -2.52. The van der Waals surface area contributed by atoms with E-state index in [9.17, 15) is 19.1 Å². The van der Waals surface area contributed by atoms with Crippen LogP contribution in [0.3, 0.4) is 0 Å². The molecule has 0 saturated heterocycles. The Morgan fingerprint density at radius 2 is 1.86 bits per heavy atom. The highest BCUT2D eigenvalue weighted by Gasteiger charge is 2.42. The lowest BCUT2D eigenvalue weighted by atomic mass is 9.94. The zero-order valence-electron chi connectivity index (χ0n) is 12.1. The maximum absolute atomic E-state index is 12.9. The van der Waals surface area contributed by atoms with Gasteiger partial charge in [0.15, 0.2) is 0 Å². The molecule has 0 aliphatic heterocycles. The summed E-state index contributed by atoms with van der Waals surface area (Å²) in [6.07, 6.45) is 2.80. The molecule has 5 heteroatoms. The lowest BCUT2D eigenvalue weighted by molar-refractivity contribution is -0.147. The molecule has 1 aliphatic rings. The van der Waals surface area contributed by atoms with Gasteiger partial charge in [0.25, 0.3) is 0 Å². The molecule has 0 bridgehead atoms. The smallest absolute Gasteiger partial charge is 0.329 e. The predicted molar refractivity (Wildman–Crippen MR) is 76.4 cm³/mol. The van der Waals surface area contributed by atoms with Crippen LogP contribution in [-0.4, -0.2) is 22.5 Å². The van der Waals surface area contributed by atoms with E-state index >= 15 is 0 Å². The highest BCUT2D eigenvalue weighted by atomic mass is 19.1. The number of halogens is 1. The summed E-state index contributed by atoms with van der Waals surface area (Å²) in [6.45, 7) is 1.87. The Bertz CT molecular complexity index is 521. The average molecular weight is 293 g/mol. The molecule has 4 nitrogen and oxygen atoms in total. The van der Waals surface area contributed by atoms with Crippen LogP contribution in [0, 0.1) is 5.82 Å². The minimum atomic E-state index is -1.10. The van der Waals surface area contributed by atoms with Crippen LogP contribution in [0.2, 0.25) is 0 Å². The summed E-state index contributed by atoms with van der Waals surface area (Å²) in [5, 5.41) is 12.0. The summed E-state index contributed by atoms with van der Waals surface area (Å²) in [4.78, 5) is 23.5. The number of hydrogen-bond acceptors (Lipinski definition) is 2. The molecular weight excluding hydrogens is 273 g/mol. The van der Waals surface area contributed by atoms with Crippen molar-refractivity contribution in [2.45, 2.75) is 50.5 Å². The monoisotopic (exact) mass is 293 g/mol. The van der Waals surface area contributed by atoms with Crippen molar-refractivity contribution in [1.82, 2.24) is 5.32 Å². The summed E-state index contributed by atoms with van der Waals surface area (Å²) in [6, 6.07) is 6.02. The molecule has 1 amide bonds. The predicted octanol–water partition coefficient (Wildman–Crippen LogP) is 2.83. The van der Waals surface area contributed by atoms with Crippen molar-refractivity contribution < 1.29 is 19.1 Å². The van der Waals surface area contributed by atoms with Crippen molar-refractivity contribution in [1.29, 1.82) is 0 Å². The van der Waals surface area contributed by atoms with Crippen molar-refractivity contribution >= 4 is 11.9 Å². The van der Waals surface area contributed by atoms with E-state index < -0.39 is 11.5 Å².